The van der Waals surface area contributed by atoms with Gasteiger partial charge in [0, 0.05) is 13.0 Å². The van der Waals surface area contributed by atoms with Crippen LogP contribution in [0.3, 0.4) is 0 Å². The van der Waals surface area contributed by atoms with Crippen molar-refractivity contribution in [3.05, 3.63) is 75.8 Å². The van der Waals surface area contributed by atoms with Crippen LogP contribution in [-0.2, 0) is 17.5 Å². The van der Waals surface area contributed by atoms with Crippen molar-refractivity contribution in [2.45, 2.75) is 51.9 Å². The van der Waals surface area contributed by atoms with Gasteiger partial charge >= 0.3 is 6.18 Å². The largest absolute Gasteiger partial charge is 0.416 e. The van der Waals surface area contributed by atoms with E-state index < -0.39 is 17.8 Å². The van der Waals surface area contributed by atoms with E-state index in [0.29, 0.717) is 29.3 Å². The Morgan fingerprint density at radius 2 is 1.94 bits per heavy atom. The van der Waals surface area contributed by atoms with Crippen molar-refractivity contribution in [1.82, 2.24) is 14.9 Å². The molecule has 0 saturated heterocycles. The van der Waals surface area contributed by atoms with Crippen LogP contribution in [0.1, 0.15) is 48.9 Å². The molecule has 0 aliphatic carbocycles. The summed E-state index contributed by atoms with van der Waals surface area (Å²) in [5, 5.41) is 3.29. The van der Waals surface area contributed by atoms with E-state index >= 15 is 0 Å². The molecule has 3 aromatic rings. The summed E-state index contributed by atoms with van der Waals surface area (Å²) in [5.41, 5.74) is 0.947. The number of benzene rings is 2. The Hall–Kier alpha value is -3.16. The van der Waals surface area contributed by atoms with Crippen molar-refractivity contribution < 1.29 is 18.0 Å². The van der Waals surface area contributed by atoms with Crippen molar-refractivity contribution in [3.63, 3.8) is 0 Å². The highest BCUT2D eigenvalue weighted by molar-refractivity contribution is 5.80. The second kappa shape index (κ2) is 9.32. The molecule has 0 bridgehead atoms. The smallest absolute Gasteiger partial charge is 0.349 e. The van der Waals surface area contributed by atoms with Crippen LogP contribution in [0.5, 0.6) is 0 Å². The van der Waals surface area contributed by atoms with Crippen LogP contribution >= 0.6 is 0 Å². The lowest BCUT2D eigenvalue weighted by Gasteiger charge is -2.20. The number of nitrogens with one attached hydrogen (secondary N) is 1. The number of aryl methyl sites for hydroxylation is 2. The minimum absolute atomic E-state index is 0.0120. The van der Waals surface area contributed by atoms with E-state index in [1.165, 1.54) is 17.0 Å². The Morgan fingerprint density at radius 1 is 1.19 bits per heavy atom. The van der Waals surface area contributed by atoms with Crippen LogP contribution in [0.4, 0.5) is 13.2 Å². The molecule has 8 heteroatoms. The van der Waals surface area contributed by atoms with Gasteiger partial charge < -0.3 is 5.32 Å². The fourth-order valence-electron chi connectivity index (χ4n) is 3.53. The maximum absolute atomic E-state index is 13.0. The van der Waals surface area contributed by atoms with Gasteiger partial charge in [0.15, 0.2) is 0 Å². The van der Waals surface area contributed by atoms with Crippen molar-refractivity contribution in [3.8, 4) is 0 Å². The molecule has 1 atom stereocenters. The lowest BCUT2D eigenvalue weighted by molar-refractivity contribution is -0.137. The van der Waals surface area contributed by atoms with Crippen molar-refractivity contribution >= 4 is 16.8 Å². The summed E-state index contributed by atoms with van der Waals surface area (Å²) in [5.74, 6) is -0.341. The molecule has 31 heavy (non-hydrogen) atoms. The predicted octanol–water partition coefficient (Wildman–Crippen LogP) is 4.77. The number of hydrogen-bond acceptors (Lipinski definition) is 3. The first-order valence-corrected chi connectivity index (χ1v) is 10.1. The van der Waals surface area contributed by atoms with Crippen molar-refractivity contribution in [1.29, 1.82) is 0 Å². The van der Waals surface area contributed by atoms with Crippen LogP contribution in [-0.4, -0.2) is 15.5 Å². The molecule has 0 spiro atoms. The zero-order valence-corrected chi connectivity index (χ0v) is 17.4. The number of hydrogen-bond donors (Lipinski definition) is 1. The zero-order valence-electron chi connectivity index (χ0n) is 17.4. The number of fused-ring (bicyclic) bond motifs is 1. The third-order valence-corrected chi connectivity index (χ3v) is 5.16. The first kappa shape index (κ1) is 22.5. The summed E-state index contributed by atoms with van der Waals surface area (Å²) in [6.45, 7) is 3.90. The van der Waals surface area contributed by atoms with Gasteiger partial charge in [-0.1, -0.05) is 37.6 Å². The number of aromatic nitrogens is 2. The number of carbonyl (C=O) groups excluding carboxylic acids is 1. The number of amides is 1. The van der Waals surface area contributed by atoms with Crippen LogP contribution in [0, 0.1) is 6.92 Å². The standard InChI is InChI=1S/C23H24F3N3O2/c1-3-6-19(16-8-5-9-17(13-16)23(24,25)26)28-20(30)11-12-29-14-27-21-15(2)7-4-10-18(21)22(29)31/h4-5,7-10,13-14,19H,3,6,11-12H2,1-2H3,(H,28,30). The highest BCUT2D eigenvalue weighted by Gasteiger charge is 2.31. The molecule has 1 heterocycles. The molecular weight excluding hydrogens is 407 g/mol. The number of rotatable bonds is 7. The van der Waals surface area contributed by atoms with E-state index in [0.717, 1.165) is 17.7 Å². The maximum Gasteiger partial charge on any atom is 0.416 e. The molecule has 1 unspecified atom stereocenters. The van der Waals surface area contributed by atoms with Gasteiger partial charge in [-0.2, -0.15) is 13.2 Å². The Balaban J connectivity index is 1.72. The summed E-state index contributed by atoms with van der Waals surface area (Å²) in [7, 11) is 0. The normalized spacial score (nSPS) is 12.7. The van der Waals surface area contributed by atoms with Crippen LogP contribution in [0.2, 0.25) is 0 Å². The predicted molar refractivity (Wildman–Crippen MR) is 113 cm³/mol. The second-order valence-corrected chi connectivity index (χ2v) is 7.50. The molecule has 0 fully saturated rings. The van der Waals surface area contributed by atoms with Gasteiger partial charge in [0.2, 0.25) is 5.91 Å². The second-order valence-electron chi connectivity index (χ2n) is 7.50. The highest BCUT2D eigenvalue weighted by Crippen LogP contribution is 2.31. The van der Waals surface area contributed by atoms with Gasteiger partial charge in [-0.05, 0) is 42.7 Å². The van der Waals surface area contributed by atoms with Gasteiger partial charge in [0.1, 0.15) is 0 Å². The lowest BCUT2D eigenvalue weighted by Crippen LogP contribution is -2.31. The van der Waals surface area contributed by atoms with Crippen molar-refractivity contribution in [2.75, 3.05) is 0 Å². The number of nitrogens with zero attached hydrogens (tertiary/aromatic N) is 2. The van der Waals surface area contributed by atoms with Crippen LogP contribution in [0.25, 0.3) is 10.9 Å². The van der Waals surface area contributed by atoms with E-state index in [2.05, 4.69) is 10.3 Å². The van der Waals surface area contributed by atoms with E-state index in [9.17, 15) is 22.8 Å². The number of para-hydroxylation sites is 1. The molecule has 1 N–H and O–H groups in total. The van der Waals surface area contributed by atoms with Gasteiger partial charge in [-0.15, -0.1) is 0 Å². The third kappa shape index (κ3) is 5.31. The molecular formula is C23H24F3N3O2. The summed E-state index contributed by atoms with van der Waals surface area (Å²) in [6.07, 6.45) is -1.82. The first-order valence-electron chi connectivity index (χ1n) is 10.1. The molecule has 164 valence electrons. The molecule has 0 radical (unpaired) electrons. The summed E-state index contributed by atoms with van der Waals surface area (Å²) >= 11 is 0. The molecule has 0 aliphatic heterocycles. The fraction of sp³-hybridized carbons (Fsp3) is 0.348. The topological polar surface area (TPSA) is 64.0 Å². The monoisotopic (exact) mass is 431 g/mol. The van der Waals surface area contributed by atoms with Crippen molar-refractivity contribution in [2.24, 2.45) is 0 Å². The zero-order chi connectivity index (χ0) is 22.6. The highest BCUT2D eigenvalue weighted by atomic mass is 19.4. The maximum atomic E-state index is 13.0. The average Bonchev–Trinajstić information content (AvgIpc) is 2.73. The molecule has 2 aromatic carbocycles. The van der Waals surface area contributed by atoms with E-state index in [-0.39, 0.29) is 24.4 Å². The minimum atomic E-state index is -4.45. The molecule has 1 amide bonds. The summed E-state index contributed by atoms with van der Waals surface area (Å²) in [4.78, 5) is 29.5. The Bertz CT molecular complexity index is 1140. The quantitative estimate of drug-likeness (QED) is 0.586. The Morgan fingerprint density at radius 3 is 2.65 bits per heavy atom. The van der Waals surface area contributed by atoms with Gasteiger partial charge in [0.05, 0.1) is 28.8 Å². The van der Waals surface area contributed by atoms with Crippen LogP contribution in [0.15, 0.2) is 53.6 Å². The average molecular weight is 431 g/mol. The number of alkyl halides is 3. The van der Waals surface area contributed by atoms with E-state index in [1.807, 2.05) is 19.9 Å². The third-order valence-electron chi connectivity index (χ3n) is 5.16. The minimum Gasteiger partial charge on any atom is -0.349 e. The van der Waals surface area contributed by atoms with Gasteiger partial charge in [-0.25, -0.2) is 4.98 Å². The molecule has 3 rings (SSSR count). The summed E-state index contributed by atoms with van der Waals surface area (Å²) in [6, 6.07) is 9.81. The van der Waals surface area contributed by atoms with E-state index in [1.54, 1.807) is 18.2 Å². The number of carbonyl (C=O) groups is 1. The molecule has 0 saturated carbocycles. The lowest BCUT2D eigenvalue weighted by atomic mass is 9.99. The van der Waals surface area contributed by atoms with Crippen LogP contribution < -0.4 is 10.9 Å². The molecule has 5 nitrogen and oxygen atoms in total. The molecule has 1 aromatic heterocycles. The van der Waals surface area contributed by atoms with Gasteiger partial charge in [-0.3, -0.25) is 14.2 Å². The first-order chi connectivity index (χ1) is 14.7. The fourth-order valence-corrected chi connectivity index (χ4v) is 3.53. The van der Waals surface area contributed by atoms with Gasteiger partial charge in [0.25, 0.3) is 5.56 Å². The van der Waals surface area contributed by atoms with E-state index in [4.69, 9.17) is 0 Å². The summed E-state index contributed by atoms with van der Waals surface area (Å²) < 4.78 is 40.5. The Labute approximate surface area is 177 Å². The number of halogens is 3. The molecule has 0 aliphatic rings. The Kier molecular flexibility index (Phi) is 6.77. The SMILES string of the molecule is CCCC(NC(=O)CCn1cnc2c(C)cccc2c1=O)c1cccc(C(F)(F)F)c1.